The van der Waals surface area contributed by atoms with Crippen molar-refractivity contribution in [3.05, 3.63) is 57.0 Å². The van der Waals surface area contributed by atoms with Crippen LogP contribution < -0.4 is 5.32 Å². The van der Waals surface area contributed by atoms with Crippen LogP contribution in [0.4, 0.5) is 4.39 Å². The number of rotatable bonds is 7. The summed E-state index contributed by atoms with van der Waals surface area (Å²) >= 11 is 9.07. The summed E-state index contributed by atoms with van der Waals surface area (Å²) < 4.78 is 13.5. The highest BCUT2D eigenvalue weighted by Gasteiger charge is 2.07. The lowest BCUT2D eigenvalue weighted by atomic mass is 10.2. The minimum atomic E-state index is -0.281. The van der Waals surface area contributed by atoms with Crippen molar-refractivity contribution >= 4 is 40.6 Å². The number of thioether (sulfide) groups is 1. The van der Waals surface area contributed by atoms with Gasteiger partial charge in [-0.2, -0.15) is 11.8 Å². The fourth-order valence-electron chi connectivity index (χ4n) is 1.74. The third-order valence-electron chi connectivity index (χ3n) is 2.79. The van der Waals surface area contributed by atoms with Crippen LogP contribution in [0.15, 0.2) is 35.7 Å². The molecule has 0 aliphatic rings. The molecular weight excluding hydrogens is 329 g/mol. The van der Waals surface area contributed by atoms with E-state index in [1.54, 1.807) is 35.2 Å². The average molecular weight is 344 g/mol. The molecule has 1 N–H and O–H groups in total. The Balaban J connectivity index is 1.65. The first kappa shape index (κ1) is 16.3. The van der Waals surface area contributed by atoms with E-state index in [0.717, 1.165) is 10.6 Å². The second-order valence-electron chi connectivity index (χ2n) is 4.36. The largest absolute Gasteiger partial charge is 0.355 e. The van der Waals surface area contributed by atoms with Crippen LogP contribution in [0.5, 0.6) is 0 Å². The first-order valence-electron chi connectivity index (χ1n) is 6.46. The highest BCUT2D eigenvalue weighted by atomic mass is 35.5. The Bertz CT molecular complexity index is 569. The SMILES string of the molecule is O=C(Cc1cccs1)NCCSCc1c(F)cccc1Cl. The number of carbonyl (C=O) groups is 1. The number of nitrogens with one attached hydrogen (secondary N) is 1. The highest BCUT2D eigenvalue weighted by molar-refractivity contribution is 7.98. The second-order valence-corrected chi connectivity index (χ2v) is 6.90. The van der Waals surface area contributed by atoms with E-state index in [-0.39, 0.29) is 11.7 Å². The van der Waals surface area contributed by atoms with Gasteiger partial charge in [0, 0.05) is 33.5 Å². The van der Waals surface area contributed by atoms with Gasteiger partial charge < -0.3 is 5.32 Å². The summed E-state index contributed by atoms with van der Waals surface area (Å²) in [4.78, 5) is 12.7. The fraction of sp³-hybridized carbons (Fsp3) is 0.267. The van der Waals surface area contributed by atoms with E-state index in [2.05, 4.69) is 5.32 Å². The normalized spacial score (nSPS) is 10.6. The van der Waals surface area contributed by atoms with Gasteiger partial charge in [0.15, 0.2) is 0 Å². The molecule has 0 atom stereocenters. The smallest absolute Gasteiger partial charge is 0.225 e. The fourth-order valence-corrected chi connectivity index (χ4v) is 3.64. The van der Waals surface area contributed by atoms with Crippen LogP contribution in [0.2, 0.25) is 5.02 Å². The van der Waals surface area contributed by atoms with E-state index in [1.807, 2.05) is 17.5 Å². The van der Waals surface area contributed by atoms with Crippen molar-refractivity contribution < 1.29 is 9.18 Å². The van der Waals surface area contributed by atoms with Gasteiger partial charge in [0.25, 0.3) is 0 Å². The van der Waals surface area contributed by atoms with Crippen molar-refractivity contribution in [3.8, 4) is 0 Å². The first-order valence-corrected chi connectivity index (χ1v) is 8.88. The minimum Gasteiger partial charge on any atom is -0.355 e. The quantitative estimate of drug-likeness (QED) is 0.766. The van der Waals surface area contributed by atoms with Gasteiger partial charge in [-0.1, -0.05) is 23.7 Å². The van der Waals surface area contributed by atoms with Gasteiger partial charge in [-0.25, -0.2) is 4.39 Å². The van der Waals surface area contributed by atoms with E-state index < -0.39 is 0 Å². The molecule has 1 amide bonds. The molecule has 2 rings (SSSR count). The van der Waals surface area contributed by atoms with Crippen LogP contribution in [0.3, 0.4) is 0 Å². The zero-order chi connectivity index (χ0) is 15.1. The number of hydrogen-bond acceptors (Lipinski definition) is 3. The summed E-state index contributed by atoms with van der Waals surface area (Å²) in [6, 6.07) is 8.56. The van der Waals surface area contributed by atoms with E-state index >= 15 is 0 Å². The number of benzene rings is 1. The van der Waals surface area contributed by atoms with Crippen molar-refractivity contribution in [3.63, 3.8) is 0 Å². The van der Waals surface area contributed by atoms with Crippen molar-refractivity contribution in [2.45, 2.75) is 12.2 Å². The van der Waals surface area contributed by atoms with Gasteiger partial charge in [0.05, 0.1) is 6.42 Å². The summed E-state index contributed by atoms with van der Waals surface area (Å²) in [5.41, 5.74) is 0.522. The number of carbonyl (C=O) groups excluding carboxylic acids is 1. The predicted molar refractivity (Wildman–Crippen MR) is 88.6 cm³/mol. The molecular formula is C15H15ClFNOS2. The van der Waals surface area contributed by atoms with Crippen molar-refractivity contribution in [2.75, 3.05) is 12.3 Å². The lowest BCUT2D eigenvalue weighted by molar-refractivity contribution is -0.120. The molecule has 2 aromatic rings. The molecule has 1 aromatic carbocycles. The minimum absolute atomic E-state index is 0.0157. The molecule has 0 saturated heterocycles. The Morgan fingerprint density at radius 2 is 2.19 bits per heavy atom. The maximum absolute atomic E-state index is 13.5. The van der Waals surface area contributed by atoms with Crippen molar-refractivity contribution in [2.24, 2.45) is 0 Å². The summed E-state index contributed by atoms with van der Waals surface area (Å²) in [6.07, 6.45) is 0.418. The molecule has 21 heavy (non-hydrogen) atoms. The Morgan fingerprint density at radius 3 is 2.90 bits per heavy atom. The summed E-state index contributed by atoms with van der Waals surface area (Å²) in [5.74, 6) is 0.964. The molecule has 0 fully saturated rings. The number of thiophene rings is 1. The van der Waals surface area contributed by atoms with Gasteiger partial charge >= 0.3 is 0 Å². The second kappa shape index (κ2) is 8.41. The third kappa shape index (κ3) is 5.34. The first-order chi connectivity index (χ1) is 10.2. The van der Waals surface area contributed by atoms with Gasteiger partial charge in [-0.3, -0.25) is 4.79 Å². The molecule has 0 radical (unpaired) electrons. The molecule has 1 aromatic heterocycles. The molecule has 2 nitrogen and oxygen atoms in total. The van der Waals surface area contributed by atoms with Gasteiger partial charge in [-0.05, 0) is 23.6 Å². The number of halogens is 2. The van der Waals surface area contributed by atoms with Crippen LogP contribution in [-0.4, -0.2) is 18.2 Å². The van der Waals surface area contributed by atoms with Crippen LogP contribution in [-0.2, 0) is 17.0 Å². The predicted octanol–water partition coefficient (Wildman–Crippen LogP) is 4.13. The van der Waals surface area contributed by atoms with E-state index in [1.165, 1.54) is 6.07 Å². The lowest BCUT2D eigenvalue weighted by Gasteiger charge is -2.07. The summed E-state index contributed by atoms with van der Waals surface area (Å²) in [7, 11) is 0. The molecule has 0 spiro atoms. The summed E-state index contributed by atoms with van der Waals surface area (Å²) in [5, 5.41) is 5.26. The molecule has 0 aliphatic carbocycles. The summed E-state index contributed by atoms with van der Waals surface area (Å²) in [6.45, 7) is 0.570. The third-order valence-corrected chi connectivity index (χ3v) is 5.01. The van der Waals surface area contributed by atoms with Crippen LogP contribution in [0.25, 0.3) is 0 Å². The number of amides is 1. The lowest BCUT2D eigenvalue weighted by Crippen LogP contribution is -2.27. The average Bonchev–Trinajstić information content (AvgIpc) is 2.94. The molecule has 1 heterocycles. The maximum atomic E-state index is 13.5. The van der Waals surface area contributed by atoms with Crippen molar-refractivity contribution in [1.29, 1.82) is 0 Å². The molecule has 0 saturated carbocycles. The van der Waals surface area contributed by atoms with Gasteiger partial charge in [-0.15, -0.1) is 11.3 Å². The van der Waals surface area contributed by atoms with Gasteiger partial charge in [0.2, 0.25) is 5.91 Å². The Morgan fingerprint density at radius 1 is 1.33 bits per heavy atom. The van der Waals surface area contributed by atoms with Gasteiger partial charge in [0.1, 0.15) is 5.82 Å². The zero-order valence-corrected chi connectivity index (χ0v) is 13.7. The monoisotopic (exact) mass is 343 g/mol. The standard InChI is InChI=1S/C15H15ClFNOS2/c16-13-4-1-5-14(17)12(13)10-20-8-6-18-15(19)9-11-3-2-7-21-11/h1-5,7H,6,8-10H2,(H,18,19). The Hall–Kier alpha value is -1.04. The van der Waals surface area contributed by atoms with Crippen molar-refractivity contribution in [1.82, 2.24) is 5.32 Å². The molecule has 0 aliphatic heterocycles. The Kier molecular flexibility index (Phi) is 6.54. The van der Waals surface area contributed by atoms with Crippen LogP contribution >= 0.6 is 34.7 Å². The molecule has 6 heteroatoms. The zero-order valence-electron chi connectivity index (χ0n) is 11.3. The van der Waals surface area contributed by atoms with E-state index in [0.29, 0.717) is 29.3 Å². The van der Waals surface area contributed by atoms with E-state index in [9.17, 15) is 9.18 Å². The number of hydrogen-bond donors (Lipinski definition) is 1. The van der Waals surface area contributed by atoms with E-state index in [4.69, 9.17) is 11.6 Å². The topological polar surface area (TPSA) is 29.1 Å². The van der Waals surface area contributed by atoms with Crippen LogP contribution in [0, 0.1) is 5.82 Å². The highest BCUT2D eigenvalue weighted by Crippen LogP contribution is 2.23. The Labute approximate surface area is 136 Å². The maximum Gasteiger partial charge on any atom is 0.225 e. The molecule has 0 bridgehead atoms. The van der Waals surface area contributed by atoms with Crippen LogP contribution in [0.1, 0.15) is 10.4 Å². The molecule has 112 valence electrons. The molecule has 0 unspecified atom stereocenters.